The molecular weight excluding hydrogens is 686 g/mol. The van der Waals surface area contributed by atoms with Gasteiger partial charge in [-0.3, -0.25) is 39.3 Å². The summed E-state index contributed by atoms with van der Waals surface area (Å²) in [5, 5.41) is 4.58. The Hall–Kier alpha value is -5.66. The molecule has 0 radical (unpaired) electrons. The summed E-state index contributed by atoms with van der Waals surface area (Å²) in [6, 6.07) is 16.9. The maximum Gasteiger partial charge on any atom is 0.262 e. The van der Waals surface area contributed by atoms with Gasteiger partial charge in [-0.15, -0.1) is 0 Å². The van der Waals surface area contributed by atoms with E-state index in [2.05, 4.69) is 61.0 Å². The summed E-state index contributed by atoms with van der Waals surface area (Å²) in [6.45, 7) is 5.01. The predicted octanol–water partition coefficient (Wildman–Crippen LogP) is 4.33. The van der Waals surface area contributed by atoms with Crippen molar-refractivity contribution >= 4 is 51.1 Å². The van der Waals surface area contributed by atoms with Gasteiger partial charge in [-0.05, 0) is 54.8 Å². The molecule has 2 aromatic carbocycles. The smallest absolute Gasteiger partial charge is 0.262 e. The van der Waals surface area contributed by atoms with Crippen LogP contribution < -0.4 is 15.0 Å². The van der Waals surface area contributed by atoms with Gasteiger partial charge in [0.2, 0.25) is 17.7 Å². The Morgan fingerprint density at radius 2 is 1.63 bits per heavy atom. The van der Waals surface area contributed by atoms with Gasteiger partial charge >= 0.3 is 0 Å². The predicted molar refractivity (Wildman–Crippen MR) is 201 cm³/mol. The molecule has 1 unspecified atom stereocenters. The zero-order valence-electron chi connectivity index (χ0n) is 30.1. The maximum atomic E-state index is 13.2. The molecule has 6 heterocycles. The van der Waals surface area contributed by atoms with Crippen LogP contribution >= 0.6 is 0 Å². The lowest BCUT2D eigenvalue weighted by atomic mass is 9.92. The number of carbonyl (C=O) groups is 4. The Kier molecular flexibility index (Phi) is 8.82. The fourth-order valence-corrected chi connectivity index (χ4v) is 8.20. The summed E-state index contributed by atoms with van der Waals surface area (Å²) >= 11 is 0. The minimum atomic E-state index is -0.964. The number of rotatable bonds is 10. The number of anilines is 1. The van der Waals surface area contributed by atoms with Gasteiger partial charge in [-0.2, -0.15) is 0 Å². The molecule has 2 saturated heterocycles. The number of piperazine rings is 1. The first-order chi connectivity index (χ1) is 26.3. The van der Waals surface area contributed by atoms with Gasteiger partial charge < -0.3 is 18.9 Å². The van der Waals surface area contributed by atoms with Gasteiger partial charge in [0.15, 0.2) is 0 Å². The maximum absolute atomic E-state index is 13.2. The van der Waals surface area contributed by atoms with E-state index in [1.54, 1.807) is 12.1 Å². The van der Waals surface area contributed by atoms with Gasteiger partial charge in [0, 0.05) is 118 Å². The van der Waals surface area contributed by atoms with Crippen molar-refractivity contribution in [2.45, 2.75) is 50.4 Å². The van der Waals surface area contributed by atoms with Crippen LogP contribution in [0.5, 0.6) is 5.88 Å². The number of aromatic nitrogens is 3. The normalized spacial score (nSPS) is 21.8. The molecule has 1 atom stereocenters. The summed E-state index contributed by atoms with van der Waals surface area (Å²) in [5.41, 5.74) is 5.96. The van der Waals surface area contributed by atoms with Crippen LogP contribution in [-0.4, -0.2) is 106 Å². The van der Waals surface area contributed by atoms with Crippen LogP contribution in [0.25, 0.3) is 32.9 Å². The number of aryl methyl sites for hydroxylation is 1. The van der Waals surface area contributed by atoms with Gasteiger partial charge in [-0.1, -0.05) is 12.1 Å². The van der Waals surface area contributed by atoms with Crippen LogP contribution in [0.4, 0.5) is 5.69 Å². The van der Waals surface area contributed by atoms with E-state index < -0.39 is 23.8 Å². The zero-order valence-corrected chi connectivity index (χ0v) is 30.1. The van der Waals surface area contributed by atoms with E-state index >= 15 is 0 Å². The standard InChI is InChI=1S/C41H41N7O6/c1-45-34-11-12-42-24-33(34)30-6-3-25(19-36(30)45)26-4-10-38(43-23-26)54-29-21-28(22-29)53-18-2-13-46-14-16-47(17-15-46)27-5-7-31-32(20-27)41(52)48(40(31)51)35-8-9-37(49)44-39(35)50/h3-7,10-12,19-20,23-24,28-29,35H,2,8-9,13-18,21-22H2,1H3,(H,44,49,50)/t28-,29-,35?. The molecule has 4 aliphatic rings. The molecule has 9 rings (SSSR count). The number of piperidine rings is 1. The Morgan fingerprint density at radius 3 is 2.43 bits per heavy atom. The van der Waals surface area contributed by atoms with E-state index in [4.69, 9.17) is 9.47 Å². The molecule has 3 fully saturated rings. The highest BCUT2D eigenvalue weighted by Gasteiger charge is 2.45. The lowest BCUT2D eigenvalue weighted by molar-refractivity contribution is -0.136. The number of benzene rings is 2. The van der Waals surface area contributed by atoms with Crippen molar-refractivity contribution in [2.75, 3.05) is 44.2 Å². The van der Waals surface area contributed by atoms with Gasteiger partial charge in [-0.25, -0.2) is 4.98 Å². The third-order valence-corrected chi connectivity index (χ3v) is 11.4. The largest absolute Gasteiger partial charge is 0.474 e. The van der Waals surface area contributed by atoms with Crippen LogP contribution in [0, 0.1) is 0 Å². The number of hydrogen-bond donors (Lipinski definition) is 1. The number of imide groups is 2. The van der Waals surface area contributed by atoms with Crippen molar-refractivity contribution in [1.82, 2.24) is 29.7 Å². The highest BCUT2D eigenvalue weighted by atomic mass is 16.5. The van der Waals surface area contributed by atoms with Crippen LogP contribution in [-0.2, 0) is 21.4 Å². The SMILES string of the molecule is Cn1c2ccncc2c2ccc(-c3ccc(O[C@H]4C[C@H](OCCCN5CCN(c6ccc7c(c6)C(=O)N(C6CCC(=O)NC6=O)C7=O)CC5)C4)nc3)cc21. The first kappa shape index (κ1) is 34.1. The molecule has 4 amide bonds. The van der Waals surface area contributed by atoms with Crippen molar-refractivity contribution in [2.24, 2.45) is 7.05 Å². The summed E-state index contributed by atoms with van der Waals surface area (Å²) in [7, 11) is 2.08. The lowest BCUT2D eigenvalue weighted by Crippen LogP contribution is -2.54. The van der Waals surface area contributed by atoms with E-state index in [0.29, 0.717) is 23.6 Å². The van der Waals surface area contributed by atoms with E-state index in [-0.39, 0.29) is 31.0 Å². The first-order valence-electron chi connectivity index (χ1n) is 18.7. The topological polar surface area (TPSA) is 139 Å². The van der Waals surface area contributed by atoms with Gasteiger partial charge in [0.05, 0.1) is 22.7 Å². The molecule has 13 heteroatoms. The van der Waals surface area contributed by atoms with E-state index in [0.717, 1.165) is 90.1 Å². The second-order valence-corrected chi connectivity index (χ2v) is 14.6. The number of ether oxygens (including phenoxy) is 2. The quantitative estimate of drug-likeness (QED) is 0.163. The average Bonchev–Trinajstić information content (AvgIpc) is 3.60. The number of hydrogen-bond acceptors (Lipinski definition) is 10. The number of nitrogens with one attached hydrogen (secondary N) is 1. The molecule has 5 aromatic rings. The molecule has 1 aliphatic carbocycles. The molecular formula is C41H41N7O6. The number of fused-ring (bicyclic) bond motifs is 4. The Balaban J connectivity index is 0.693. The average molecular weight is 728 g/mol. The zero-order chi connectivity index (χ0) is 36.9. The van der Waals surface area contributed by atoms with Crippen molar-refractivity contribution in [3.05, 3.63) is 84.3 Å². The van der Waals surface area contributed by atoms with Crippen molar-refractivity contribution in [3.8, 4) is 17.0 Å². The Morgan fingerprint density at radius 1 is 0.815 bits per heavy atom. The minimum absolute atomic E-state index is 0.0982. The second-order valence-electron chi connectivity index (χ2n) is 14.6. The Labute approximate surface area is 311 Å². The lowest BCUT2D eigenvalue weighted by Gasteiger charge is -2.37. The van der Waals surface area contributed by atoms with Crippen molar-refractivity contribution in [3.63, 3.8) is 0 Å². The van der Waals surface area contributed by atoms with E-state index in [1.807, 2.05) is 36.8 Å². The second kappa shape index (κ2) is 14.0. The molecule has 1 N–H and O–H groups in total. The highest BCUT2D eigenvalue weighted by Crippen LogP contribution is 2.34. The van der Waals surface area contributed by atoms with Crippen molar-refractivity contribution in [1.29, 1.82) is 0 Å². The molecule has 54 heavy (non-hydrogen) atoms. The summed E-state index contributed by atoms with van der Waals surface area (Å²) < 4.78 is 14.5. The van der Waals surface area contributed by atoms with E-state index in [1.165, 1.54) is 5.39 Å². The first-order valence-corrected chi connectivity index (χ1v) is 18.7. The van der Waals surface area contributed by atoms with Crippen LogP contribution in [0.1, 0.15) is 52.8 Å². The number of pyridine rings is 2. The molecule has 0 spiro atoms. The monoisotopic (exact) mass is 727 g/mol. The molecule has 276 valence electrons. The summed E-state index contributed by atoms with van der Waals surface area (Å²) in [5.74, 6) is -1.33. The van der Waals surface area contributed by atoms with Gasteiger partial charge in [0.1, 0.15) is 12.1 Å². The fraction of sp³-hybridized carbons (Fsp3) is 0.366. The van der Waals surface area contributed by atoms with Crippen LogP contribution in [0.2, 0.25) is 0 Å². The molecule has 13 nitrogen and oxygen atoms in total. The van der Waals surface area contributed by atoms with Crippen LogP contribution in [0.15, 0.2) is 73.2 Å². The summed E-state index contributed by atoms with van der Waals surface area (Å²) in [6.07, 6.45) is 8.83. The minimum Gasteiger partial charge on any atom is -0.474 e. The van der Waals surface area contributed by atoms with Crippen molar-refractivity contribution < 1.29 is 28.7 Å². The van der Waals surface area contributed by atoms with Gasteiger partial charge in [0.25, 0.3) is 11.8 Å². The Bertz CT molecular complexity index is 2290. The summed E-state index contributed by atoms with van der Waals surface area (Å²) in [4.78, 5) is 64.8. The molecule has 3 aliphatic heterocycles. The van der Waals surface area contributed by atoms with E-state index in [9.17, 15) is 19.2 Å². The third-order valence-electron chi connectivity index (χ3n) is 11.4. The number of amides is 4. The number of nitrogens with zero attached hydrogens (tertiary/aromatic N) is 6. The highest BCUT2D eigenvalue weighted by molar-refractivity contribution is 6.23. The third kappa shape index (κ3) is 6.26. The molecule has 3 aromatic heterocycles. The molecule has 1 saturated carbocycles. The number of carbonyl (C=O) groups excluding carboxylic acids is 4. The molecule has 0 bridgehead atoms. The fourth-order valence-electron chi connectivity index (χ4n) is 8.20. The van der Waals surface area contributed by atoms with Crippen LogP contribution in [0.3, 0.4) is 0 Å².